The van der Waals surface area contributed by atoms with Gasteiger partial charge in [-0.05, 0) is 71.4 Å². The van der Waals surface area contributed by atoms with E-state index < -0.39 is 17.2 Å². The van der Waals surface area contributed by atoms with Gasteiger partial charge in [0.15, 0.2) is 0 Å². The number of alkyl carbamates (subject to hydrolysis) is 1. The Morgan fingerprint density at radius 2 is 1.80 bits per heavy atom. The van der Waals surface area contributed by atoms with Crippen molar-refractivity contribution >= 4 is 22.9 Å². The zero-order valence-corrected chi connectivity index (χ0v) is 18.2. The van der Waals surface area contributed by atoms with Gasteiger partial charge in [0.25, 0.3) is 5.91 Å². The van der Waals surface area contributed by atoms with Crippen LogP contribution >= 0.6 is 0 Å². The number of aromatic nitrogens is 1. The summed E-state index contributed by atoms with van der Waals surface area (Å²) < 4.78 is 5.36. The smallest absolute Gasteiger partial charge is 0.407 e. The molecule has 1 unspecified atom stereocenters. The highest BCUT2D eigenvalue weighted by molar-refractivity contribution is 6.06. The predicted octanol–water partition coefficient (Wildman–Crippen LogP) is 4.54. The van der Waals surface area contributed by atoms with Crippen molar-refractivity contribution in [1.82, 2.24) is 15.6 Å². The first-order chi connectivity index (χ1) is 14.1. The number of benzene rings is 1. The number of hydrogen-bond donors (Lipinski definition) is 2. The van der Waals surface area contributed by atoms with E-state index in [1.807, 2.05) is 58.0 Å². The number of nitrogens with one attached hydrogen (secondary N) is 2. The van der Waals surface area contributed by atoms with Gasteiger partial charge in [-0.25, -0.2) is 4.79 Å². The number of rotatable bonds is 6. The van der Waals surface area contributed by atoms with Crippen molar-refractivity contribution < 1.29 is 14.3 Å². The van der Waals surface area contributed by atoms with Crippen molar-refractivity contribution in [3.8, 4) is 0 Å². The SMILES string of the molecule is CC(C)(C)OC(=O)NCC(C)(NC(=O)c1cc(C2CC2)nc2ccccc12)C1CC1. The number of carbonyl (C=O) groups excluding carboxylic acids is 2. The monoisotopic (exact) mass is 409 g/mol. The lowest BCUT2D eigenvalue weighted by Gasteiger charge is -2.32. The Kier molecular flexibility index (Phi) is 5.20. The van der Waals surface area contributed by atoms with E-state index in [9.17, 15) is 9.59 Å². The number of nitrogens with zero attached hydrogens (tertiary/aromatic N) is 1. The summed E-state index contributed by atoms with van der Waals surface area (Å²) in [5.41, 5.74) is 1.42. The van der Waals surface area contributed by atoms with Gasteiger partial charge in [-0.15, -0.1) is 0 Å². The number of carbonyl (C=O) groups is 2. The fraction of sp³-hybridized carbons (Fsp3) is 0.542. The number of amides is 2. The molecule has 1 heterocycles. The molecule has 4 rings (SSSR count). The molecule has 0 aliphatic heterocycles. The van der Waals surface area contributed by atoms with Crippen LogP contribution in [-0.2, 0) is 4.74 Å². The van der Waals surface area contributed by atoms with E-state index in [0.717, 1.165) is 42.3 Å². The molecule has 2 amide bonds. The molecular formula is C24H31N3O3. The number of ether oxygens (including phenoxy) is 1. The molecule has 2 aliphatic carbocycles. The van der Waals surface area contributed by atoms with Crippen molar-refractivity contribution in [1.29, 1.82) is 0 Å². The Labute approximate surface area is 177 Å². The maximum absolute atomic E-state index is 13.4. The van der Waals surface area contributed by atoms with Gasteiger partial charge in [-0.3, -0.25) is 9.78 Å². The van der Waals surface area contributed by atoms with Crippen LogP contribution in [0.1, 0.15) is 75.3 Å². The third-order valence-corrected chi connectivity index (χ3v) is 5.85. The van der Waals surface area contributed by atoms with Gasteiger partial charge in [0, 0.05) is 23.5 Å². The van der Waals surface area contributed by atoms with E-state index in [1.54, 1.807) is 0 Å². The highest BCUT2D eigenvalue weighted by Gasteiger charge is 2.43. The number of pyridine rings is 1. The van der Waals surface area contributed by atoms with Crippen LogP contribution in [0.3, 0.4) is 0 Å². The molecule has 1 atom stereocenters. The Hall–Kier alpha value is -2.63. The van der Waals surface area contributed by atoms with E-state index in [1.165, 1.54) is 0 Å². The molecule has 2 aromatic rings. The lowest BCUT2D eigenvalue weighted by molar-refractivity contribution is 0.0502. The fourth-order valence-electron chi connectivity index (χ4n) is 3.88. The van der Waals surface area contributed by atoms with E-state index in [4.69, 9.17) is 9.72 Å². The van der Waals surface area contributed by atoms with Crippen molar-refractivity contribution in [2.45, 2.75) is 70.4 Å². The fourth-order valence-corrected chi connectivity index (χ4v) is 3.88. The van der Waals surface area contributed by atoms with Crippen LogP contribution in [0, 0.1) is 5.92 Å². The van der Waals surface area contributed by atoms with Crippen molar-refractivity contribution in [2.75, 3.05) is 6.54 Å². The molecule has 2 fully saturated rings. The van der Waals surface area contributed by atoms with Crippen molar-refractivity contribution in [2.24, 2.45) is 5.92 Å². The summed E-state index contributed by atoms with van der Waals surface area (Å²) >= 11 is 0. The normalized spacial score (nSPS) is 18.5. The standard InChI is InChI=1S/C24H31N3O3/c1-23(2,3)30-22(29)25-14-24(4,16-11-12-16)27-21(28)18-13-20(15-9-10-15)26-19-8-6-5-7-17(18)19/h5-8,13,15-16H,9-12,14H2,1-4H3,(H,25,29)(H,27,28). The lowest BCUT2D eigenvalue weighted by atomic mass is 9.94. The van der Waals surface area contributed by atoms with Crippen LogP contribution in [-0.4, -0.2) is 34.7 Å². The summed E-state index contributed by atoms with van der Waals surface area (Å²) in [7, 11) is 0. The molecule has 30 heavy (non-hydrogen) atoms. The highest BCUT2D eigenvalue weighted by atomic mass is 16.6. The average molecular weight is 410 g/mol. The Morgan fingerprint density at radius 1 is 1.10 bits per heavy atom. The summed E-state index contributed by atoms with van der Waals surface area (Å²) in [5, 5.41) is 6.94. The summed E-state index contributed by atoms with van der Waals surface area (Å²) in [6.07, 6.45) is 3.88. The molecule has 0 spiro atoms. The average Bonchev–Trinajstić information content (AvgIpc) is 3.55. The summed E-state index contributed by atoms with van der Waals surface area (Å²) in [5.74, 6) is 0.688. The minimum absolute atomic E-state index is 0.115. The molecule has 2 aliphatic rings. The van der Waals surface area contributed by atoms with Crippen LogP contribution in [0.4, 0.5) is 4.79 Å². The van der Waals surface area contributed by atoms with Crippen LogP contribution in [0.25, 0.3) is 10.9 Å². The summed E-state index contributed by atoms with van der Waals surface area (Å²) in [4.78, 5) is 30.3. The molecule has 0 saturated heterocycles. The van der Waals surface area contributed by atoms with Gasteiger partial charge in [-0.1, -0.05) is 18.2 Å². The van der Waals surface area contributed by atoms with Gasteiger partial charge < -0.3 is 15.4 Å². The molecule has 1 aromatic carbocycles. The first kappa shape index (κ1) is 20.6. The topological polar surface area (TPSA) is 80.3 Å². The minimum Gasteiger partial charge on any atom is -0.444 e. The minimum atomic E-state index is -0.557. The van der Waals surface area contributed by atoms with Gasteiger partial charge in [0.05, 0.1) is 16.6 Å². The molecule has 0 bridgehead atoms. The van der Waals surface area contributed by atoms with E-state index in [0.29, 0.717) is 23.9 Å². The zero-order valence-electron chi connectivity index (χ0n) is 18.2. The second-order valence-corrected chi connectivity index (χ2v) is 9.89. The van der Waals surface area contributed by atoms with E-state index in [-0.39, 0.29) is 5.91 Å². The molecule has 0 radical (unpaired) electrons. The first-order valence-corrected chi connectivity index (χ1v) is 10.8. The van der Waals surface area contributed by atoms with Crippen molar-refractivity contribution in [3.05, 3.63) is 41.6 Å². The molecule has 6 nitrogen and oxygen atoms in total. The number of fused-ring (bicyclic) bond motifs is 1. The first-order valence-electron chi connectivity index (χ1n) is 10.8. The molecule has 2 saturated carbocycles. The third kappa shape index (κ3) is 4.74. The largest absolute Gasteiger partial charge is 0.444 e. The maximum atomic E-state index is 13.4. The number of hydrogen-bond acceptors (Lipinski definition) is 4. The van der Waals surface area contributed by atoms with Crippen LogP contribution < -0.4 is 10.6 Å². The summed E-state index contributed by atoms with van der Waals surface area (Å²) in [6, 6.07) is 9.74. The number of para-hydroxylation sites is 1. The van der Waals surface area contributed by atoms with Gasteiger partial charge in [-0.2, -0.15) is 0 Å². The van der Waals surface area contributed by atoms with Crippen molar-refractivity contribution in [3.63, 3.8) is 0 Å². The third-order valence-electron chi connectivity index (χ3n) is 5.85. The van der Waals surface area contributed by atoms with E-state index >= 15 is 0 Å². The van der Waals surface area contributed by atoms with Gasteiger partial charge >= 0.3 is 6.09 Å². The molecule has 160 valence electrons. The molecular weight excluding hydrogens is 378 g/mol. The summed E-state index contributed by atoms with van der Waals surface area (Å²) in [6.45, 7) is 7.84. The van der Waals surface area contributed by atoms with Crippen LogP contribution in [0.2, 0.25) is 0 Å². The second-order valence-electron chi connectivity index (χ2n) is 9.89. The predicted molar refractivity (Wildman–Crippen MR) is 117 cm³/mol. The van der Waals surface area contributed by atoms with Gasteiger partial charge in [0.1, 0.15) is 5.60 Å². The zero-order chi connectivity index (χ0) is 21.5. The van der Waals surface area contributed by atoms with Gasteiger partial charge in [0.2, 0.25) is 0 Å². The lowest BCUT2D eigenvalue weighted by Crippen LogP contribution is -2.55. The quantitative estimate of drug-likeness (QED) is 0.734. The Balaban J connectivity index is 1.54. The Bertz CT molecular complexity index is 973. The van der Waals surface area contributed by atoms with Crippen LogP contribution in [0.15, 0.2) is 30.3 Å². The Morgan fingerprint density at radius 3 is 2.43 bits per heavy atom. The molecule has 6 heteroatoms. The molecule has 1 aromatic heterocycles. The maximum Gasteiger partial charge on any atom is 0.407 e. The van der Waals surface area contributed by atoms with Crippen LogP contribution in [0.5, 0.6) is 0 Å². The second kappa shape index (κ2) is 7.56. The molecule has 2 N–H and O–H groups in total. The highest BCUT2D eigenvalue weighted by Crippen LogP contribution is 2.41. The van der Waals surface area contributed by atoms with E-state index in [2.05, 4.69) is 10.6 Å².